The van der Waals surface area contributed by atoms with Crippen LogP contribution in [0, 0.1) is 5.92 Å². The van der Waals surface area contributed by atoms with Crippen LogP contribution in [-0.2, 0) is 11.3 Å². The van der Waals surface area contributed by atoms with E-state index in [1.807, 2.05) is 19.1 Å². The van der Waals surface area contributed by atoms with Crippen LogP contribution in [0.1, 0.15) is 19.4 Å². The van der Waals surface area contributed by atoms with E-state index >= 15 is 0 Å². The van der Waals surface area contributed by atoms with Crippen molar-refractivity contribution in [3.63, 3.8) is 0 Å². The number of aliphatic carboxylic acids is 1. The Morgan fingerprint density at radius 2 is 2.29 bits per heavy atom. The Labute approximate surface area is 101 Å². The molecule has 0 aliphatic rings. The number of carboxylic acid groups (broad SMARTS) is 1. The molecule has 1 rings (SSSR count). The lowest BCUT2D eigenvalue weighted by molar-refractivity contribution is -0.141. The van der Waals surface area contributed by atoms with Gasteiger partial charge in [-0.05, 0) is 18.6 Å². The molecule has 2 unspecified atom stereocenters. The van der Waals surface area contributed by atoms with E-state index in [1.165, 1.54) is 0 Å². The second-order valence-corrected chi connectivity index (χ2v) is 4.00. The number of carbonyl (C=O) groups is 1. The summed E-state index contributed by atoms with van der Waals surface area (Å²) >= 11 is 0. The number of rotatable bonds is 6. The summed E-state index contributed by atoms with van der Waals surface area (Å²) in [4.78, 5) is 14.8. The number of pyridine rings is 1. The topological polar surface area (TPSA) is 71.5 Å². The number of carboxylic acids is 1. The third-order valence-corrected chi connectivity index (χ3v) is 2.78. The summed E-state index contributed by atoms with van der Waals surface area (Å²) < 4.78 is 5.01. The van der Waals surface area contributed by atoms with E-state index in [0.29, 0.717) is 12.4 Å². The summed E-state index contributed by atoms with van der Waals surface area (Å²) in [5, 5.41) is 12.0. The van der Waals surface area contributed by atoms with Crippen LogP contribution in [0.5, 0.6) is 5.88 Å². The van der Waals surface area contributed by atoms with Gasteiger partial charge >= 0.3 is 5.97 Å². The Kier molecular flexibility index (Phi) is 4.90. The summed E-state index contributed by atoms with van der Waals surface area (Å²) in [5.41, 5.74) is 1.02. The fourth-order valence-corrected chi connectivity index (χ4v) is 1.34. The molecule has 0 aromatic carbocycles. The minimum atomic E-state index is -0.794. The molecule has 0 amide bonds. The zero-order chi connectivity index (χ0) is 12.8. The van der Waals surface area contributed by atoms with Gasteiger partial charge in [0.25, 0.3) is 0 Å². The largest absolute Gasteiger partial charge is 0.481 e. The van der Waals surface area contributed by atoms with Gasteiger partial charge in [-0.1, -0.05) is 6.92 Å². The van der Waals surface area contributed by atoms with Gasteiger partial charge in [0.15, 0.2) is 0 Å². The highest BCUT2D eigenvalue weighted by molar-refractivity contribution is 5.70. The van der Waals surface area contributed by atoms with Gasteiger partial charge in [-0.3, -0.25) is 4.79 Å². The number of hydrogen-bond donors (Lipinski definition) is 2. The zero-order valence-electron chi connectivity index (χ0n) is 10.3. The highest BCUT2D eigenvalue weighted by Gasteiger charge is 2.18. The predicted molar refractivity (Wildman–Crippen MR) is 63.9 cm³/mol. The Bertz CT molecular complexity index is 382. The highest BCUT2D eigenvalue weighted by Crippen LogP contribution is 2.09. The van der Waals surface area contributed by atoms with E-state index in [0.717, 1.165) is 5.56 Å². The monoisotopic (exact) mass is 238 g/mol. The molecule has 0 fully saturated rings. The molecule has 1 aromatic heterocycles. The fourth-order valence-electron chi connectivity index (χ4n) is 1.34. The van der Waals surface area contributed by atoms with Crippen LogP contribution in [0.4, 0.5) is 0 Å². The molecule has 0 aliphatic heterocycles. The molecule has 1 aromatic rings. The summed E-state index contributed by atoms with van der Waals surface area (Å²) in [6.45, 7) is 4.14. The molecule has 2 N–H and O–H groups in total. The number of ether oxygens (including phenoxy) is 1. The van der Waals surface area contributed by atoms with Gasteiger partial charge in [-0.25, -0.2) is 4.98 Å². The van der Waals surface area contributed by atoms with Crippen LogP contribution in [0.3, 0.4) is 0 Å². The number of nitrogens with one attached hydrogen (secondary N) is 1. The number of methoxy groups -OCH3 is 1. The molecular formula is C12H18N2O3. The van der Waals surface area contributed by atoms with Crippen molar-refractivity contribution in [2.45, 2.75) is 26.4 Å². The third kappa shape index (κ3) is 4.03. The summed E-state index contributed by atoms with van der Waals surface area (Å²) in [5.74, 6) is -0.653. The Morgan fingerprint density at radius 1 is 1.59 bits per heavy atom. The van der Waals surface area contributed by atoms with E-state index < -0.39 is 11.9 Å². The molecule has 5 nitrogen and oxygen atoms in total. The van der Waals surface area contributed by atoms with Crippen molar-refractivity contribution in [3.05, 3.63) is 23.9 Å². The molecule has 0 spiro atoms. The third-order valence-electron chi connectivity index (χ3n) is 2.78. The molecule has 0 saturated heterocycles. The first-order valence-electron chi connectivity index (χ1n) is 5.49. The normalized spacial score (nSPS) is 14.1. The zero-order valence-corrected chi connectivity index (χ0v) is 10.3. The first kappa shape index (κ1) is 13.4. The molecule has 94 valence electrons. The molecule has 0 bridgehead atoms. The molecule has 0 aliphatic carbocycles. The fraction of sp³-hybridized carbons (Fsp3) is 0.500. The van der Waals surface area contributed by atoms with Crippen LogP contribution >= 0.6 is 0 Å². The molecule has 2 atom stereocenters. The first-order valence-corrected chi connectivity index (χ1v) is 5.49. The van der Waals surface area contributed by atoms with Crippen molar-refractivity contribution in [1.29, 1.82) is 0 Å². The Balaban J connectivity index is 2.52. The average molecular weight is 238 g/mol. The van der Waals surface area contributed by atoms with Crippen molar-refractivity contribution in [2.75, 3.05) is 7.11 Å². The SMILES string of the molecule is COc1cc(CNC(C)C(C)C(=O)O)ccn1. The quantitative estimate of drug-likeness (QED) is 0.781. The van der Waals surface area contributed by atoms with Crippen molar-refractivity contribution in [2.24, 2.45) is 5.92 Å². The van der Waals surface area contributed by atoms with Gasteiger partial charge in [-0.2, -0.15) is 0 Å². The average Bonchev–Trinajstić information content (AvgIpc) is 2.35. The minimum Gasteiger partial charge on any atom is -0.481 e. The molecular weight excluding hydrogens is 220 g/mol. The first-order chi connectivity index (χ1) is 8.04. The van der Waals surface area contributed by atoms with Gasteiger partial charge in [0, 0.05) is 24.8 Å². The van der Waals surface area contributed by atoms with Gasteiger partial charge in [0.1, 0.15) is 0 Å². The maximum atomic E-state index is 10.8. The maximum absolute atomic E-state index is 10.8. The van der Waals surface area contributed by atoms with E-state index in [-0.39, 0.29) is 6.04 Å². The van der Waals surface area contributed by atoms with Crippen molar-refractivity contribution in [3.8, 4) is 5.88 Å². The number of hydrogen-bond acceptors (Lipinski definition) is 4. The lowest BCUT2D eigenvalue weighted by Gasteiger charge is -2.17. The van der Waals surface area contributed by atoms with Gasteiger partial charge < -0.3 is 15.2 Å². The number of aromatic nitrogens is 1. The predicted octanol–water partition coefficient (Wildman–Crippen LogP) is 1.29. The van der Waals surface area contributed by atoms with Crippen molar-refractivity contribution >= 4 is 5.97 Å². The molecule has 0 radical (unpaired) electrons. The number of nitrogens with zero attached hydrogens (tertiary/aromatic N) is 1. The van der Waals surface area contributed by atoms with Crippen LogP contribution in [0.25, 0.3) is 0 Å². The Hall–Kier alpha value is -1.62. The standard InChI is InChI=1S/C12H18N2O3/c1-8(12(15)16)9(2)14-7-10-4-5-13-11(6-10)17-3/h4-6,8-9,14H,7H2,1-3H3,(H,15,16). The molecule has 1 heterocycles. The lowest BCUT2D eigenvalue weighted by atomic mass is 10.0. The summed E-state index contributed by atoms with van der Waals surface area (Å²) in [6.07, 6.45) is 1.67. The van der Waals surface area contributed by atoms with Crippen LogP contribution < -0.4 is 10.1 Å². The van der Waals surface area contributed by atoms with E-state index in [9.17, 15) is 4.79 Å². The smallest absolute Gasteiger partial charge is 0.307 e. The second kappa shape index (κ2) is 6.20. The van der Waals surface area contributed by atoms with Gasteiger partial charge in [-0.15, -0.1) is 0 Å². The summed E-state index contributed by atoms with van der Waals surface area (Å²) in [7, 11) is 1.56. The van der Waals surface area contributed by atoms with Crippen LogP contribution in [0.2, 0.25) is 0 Å². The van der Waals surface area contributed by atoms with Crippen molar-refractivity contribution < 1.29 is 14.6 Å². The van der Waals surface area contributed by atoms with Gasteiger partial charge in [0.05, 0.1) is 13.0 Å². The second-order valence-electron chi connectivity index (χ2n) is 4.00. The summed E-state index contributed by atoms with van der Waals surface area (Å²) in [6, 6.07) is 3.60. The van der Waals surface area contributed by atoms with Crippen molar-refractivity contribution in [1.82, 2.24) is 10.3 Å². The molecule has 17 heavy (non-hydrogen) atoms. The lowest BCUT2D eigenvalue weighted by Crippen LogP contribution is -2.35. The van der Waals surface area contributed by atoms with Gasteiger partial charge in [0.2, 0.25) is 5.88 Å². The molecule has 5 heteroatoms. The molecule has 0 saturated carbocycles. The van der Waals surface area contributed by atoms with E-state index in [2.05, 4.69) is 10.3 Å². The minimum absolute atomic E-state index is 0.0911. The van der Waals surface area contributed by atoms with E-state index in [1.54, 1.807) is 20.2 Å². The Morgan fingerprint density at radius 3 is 2.88 bits per heavy atom. The maximum Gasteiger partial charge on any atom is 0.307 e. The van der Waals surface area contributed by atoms with Crippen LogP contribution in [-0.4, -0.2) is 29.2 Å². The highest BCUT2D eigenvalue weighted by atomic mass is 16.5. The van der Waals surface area contributed by atoms with E-state index in [4.69, 9.17) is 9.84 Å². The van der Waals surface area contributed by atoms with Crippen LogP contribution in [0.15, 0.2) is 18.3 Å².